The molecule has 0 aromatic rings. The van der Waals surface area contributed by atoms with Crippen molar-refractivity contribution in [1.82, 2.24) is 0 Å². The van der Waals surface area contributed by atoms with E-state index < -0.39 is 0 Å². The summed E-state index contributed by atoms with van der Waals surface area (Å²) in [4.78, 5) is 11.2. The van der Waals surface area contributed by atoms with Gasteiger partial charge >= 0.3 is 5.97 Å². The van der Waals surface area contributed by atoms with Crippen LogP contribution in [-0.2, 0) is 19.0 Å². The van der Waals surface area contributed by atoms with E-state index in [1.165, 1.54) is 0 Å². The van der Waals surface area contributed by atoms with Crippen LogP contribution in [0.5, 0.6) is 0 Å². The molecule has 0 bridgehead atoms. The van der Waals surface area contributed by atoms with Gasteiger partial charge in [-0.05, 0) is 6.42 Å². The lowest BCUT2D eigenvalue weighted by molar-refractivity contribution is -0.170. The zero-order valence-electron chi connectivity index (χ0n) is 7.86. The maximum Gasteiger partial charge on any atom is 0.309 e. The summed E-state index contributed by atoms with van der Waals surface area (Å²) in [6, 6.07) is 0. The standard InChI is InChI=1S/C9H14O4/c1-5-3-6-7(13-9(5)10)4-8(11-2)12-6/h5-8H,3-4H2,1-2H3/t5-,6-,7-,8+/m0/s1. The molecule has 2 fully saturated rings. The number of esters is 1. The summed E-state index contributed by atoms with van der Waals surface area (Å²) in [5, 5.41) is 0. The molecule has 0 amide bonds. The maximum atomic E-state index is 11.2. The highest BCUT2D eigenvalue weighted by Crippen LogP contribution is 2.32. The molecule has 2 saturated heterocycles. The molecule has 0 aliphatic carbocycles. The predicted octanol–water partition coefficient (Wildman–Crippen LogP) is 0.699. The Morgan fingerprint density at radius 1 is 1.38 bits per heavy atom. The Balaban J connectivity index is 2.01. The summed E-state index contributed by atoms with van der Waals surface area (Å²) in [6.07, 6.45) is 1.17. The van der Waals surface area contributed by atoms with Crippen LogP contribution in [0.4, 0.5) is 0 Å². The number of fused-ring (bicyclic) bond motifs is 1. The van der Waals surface area contributed by atoms with Crippen LogP contribution in [0.25, 0.3) is 0 Å². The normalized spacial score (nSPS) is 44.3. The van der Waals surface area contributed by atoms with Gasteiger partial charge in [0.05, 0.1) is 12.0 Å². The summed E-state index contributed by atoms with van der Waals surface area (Å²) in [5.41, 5.74) is 0. The molecule has 4 atom stereocenters. The van der Waals surface area contributed by atoms with Gasteiger partial charge in [-0.3, -0.25) is 4.79 Å². The number of rotatable bonds is 1. The molecule has 0 saturated carbocycles. The number of hydrogen-bond acceptors (Lipinski definition) is 4. The lowest BCUT2D eigenvalue weighted by Gasteiger charge is -2.27. The van der Waals surface area contributed by atoms with Gasteiger partial charge in [-0.1, -0.05) is 6.92 Å². The van der Waals surface area contributed by atoms with Gasteiger partial charge in [-0.25, -0.2) is 0 Å². The van der Waals surface area contributed by atoms with Crippen LogP contribution in [0.2, 0.25) is 0 Å². The first kappa shape index (κ1) is 8.97. The van der Waals surface area contributed by atoms with Gasteiger partial charge in [-0.15, -0.1) is 0 Å². The van der Waals surface area contributed by atoms with Crippen molar-refractivity contribution in [2.75, 3.05) is 7.11 Å². The van der Waals surface area contributed by atoms with Crippen molar-refractivity contribution in [3.8, 4) is 0 Å². The molecule has 2 heterocycles. The van der Waals surface area contributed by atoms with Crippen molar-refractivity contribution in [3.63, 3.8) is 0 Å². The third-order valence-electron chi connectivity index (χ3n) is 2.68. The largest absolute Gasteiger partial charge is 0.459 e. The monoisotopic (exact) mass is 186 g/mol. The van der Waals surface area contributed by atoms with Gasteiger partial charge in [0.2, 0.25) is 0 Å². The Kier molecular flexibility index (Phi) is 2.26. The fraction of sp³-hybridized carbons (Fsp3) is 0.889. The van der Waals surface area contributed by atoms with Gasteiger partial charge in [0, 0.05) is 13.5 Å². The van der Waals surface area contributed by atoms with E-state index in [9.17, 15) is 4.79 Å². The van der Waals surface area contributed by atoms with Gasteiger partial charge in [0.25, 0.3) is 0 Å². The van der Waals surface area contributed by atoms with Crippen molar-refractivity contribution in [2.45, 2.75) is 38.3 Å². The Morgan fingerprint density at radius 3 is 2.85 bits per heavy atom. The molecule has 74 valence electrons. The van der Waals surface area contributed by atoms with E-state index in [0.717, 1.165) is 6.42 Å². The van der Waals surface area contributed by atoms with Crippen molar-refractivity contribution >= 4 is 5.97 Å². The Labute approximate surface area is 77.1 Å². The number of carbonyl (C=O) groups excluding carboxylic acids is 1. The number of hydrogen-bond donors (Lipinski definition) is 0. The molecule has 0 unspecified atom stereocenters. The van der Waals surface area contributed by atoms with E-state index in [4.69, 9.17) is 14.2 Å². The molecule has 2 rings (SSSR count). The van der Waals surface area contributed by atoms with Crippen LogP contribution in [0.3, 0.4) is 0 Å². The highest BCUT2D eigenvalue weighted by molar-refractivity contribution is 5.73. The van der Waals surface area contributed by atoms with Crippen molar-refractivity contribution in [2.24, 2.45) is 5.92 Å². The Bertz CT molecular complexity index is 216. The zero-order valence-corrected chi connectivity index (χ0v) is 7.86. The molecule has 2 aliphatic rings. The van der Waals surface area contributed by atoms with E-state index in [-0.39, 0.29) is 30.4 Å². The van der Waals surface area contributed by atoms with E-state index in [0.29, 0.717) is 6.42 Å². The molecular weight excluding hydrogens is 172 g/mol. The molecule has 4 nitrogen and oxygen atoms in total. The van der Waals surface area contributed by atoms with E-state index in [2.05, 4.69) is 0 Å². The molecule has 0 N–H and O–H groups in total. The summed E-state index contributed by atoms with van der Waals surface area (Å²) < 4.78 is 15.8. The third kappa shape index (κ3) is 1.56. The quantitative estimate of drug-likeness (QED) is 0.565. The fourth-order valence-corrected chi connectivity index (χ4v) is 1.87. The second-order valence-electron chi connectivity index (χ2n) is 3.69. The van der Waals surface area contributed by atoms with Crippen LogP contribution < -0.4 is 0 Å². The Morgan fingerprint density at radius 2 is 2.15 bits per heavy atom. The maximum absolute atomic E-state index is 11.2. The Hall–Kier alpha value is -0.610. The van der Waals surface area contributed by atoms with Crippen molar-refractivity contribution in [1.29, 1.82) is 0 Å². The summed E-state index contributed by atoms with van der Waals surface area (Å²) in [6.45, 7) is 1.86. The highest BCUT2D eigenvalue weighted by Gasteiger charge is 2.43. The first-order valence-corrected chi connectivity index (χ1v) is 4.59. The van der Waals surface area contributed by atoms with E-state index >= 15 is 0 Å². The summed E-state index contributed by atoms with van der Waals surface area (Å²) in [5.74, 6) is -0.154. The van der Waals surface area contributed by atoms with Crippen molar-refractivity contribution < 1.29 is 19.0 Å². The summed E-state index contributed by atoms with van der Waals surface area (Å²) >= 11 is 0. The highest BCUT2D eigenvalue weighted by atomic mass is 16.7. The molecule has 0 spiro atoms. The van der Waals surface area contributed by atoms with Gasteiger partial charge in [-0.2, -0.15) is 0 Å². The van der Waals surface area contributed by atoms with Crippen LogP contribution in [0.15, 0.2) is 0 Å². The zero-order chi connectivity index (χ0) is 9.42. The molecule has 0 aromatic carbocycles. The second-order valence-corrected chi connectivity index (χ2v) is 3.69. The number of ether oxygens (including phenoxy) is 3. The molecular formula is C9H14O4. The van der Waals surface area contributed by atoms with Gasteiger partial charge < -0.3 is 14.2 Å². The van der Waals surface area contributed by atoms with Crippen LogP contribution in [-0.4, -0.2) is 31.6 Å². The van der Waals surface area contributed by atoms with Gasteiger partial charge in [0.1, 0.15) is 6.10 Å². The smallest absolute Gasteiger partial charge is 0.309 e. The number of methoxy groups -OCH3 is 1. The average molecular weight is 186 g/mol. The van der Waals surface area contributed by atoms with E-state index in [1.54, 1.807) is 7.11 Å². The molecule has 2 aliphatic heterocycles. The predicted molar refractivity (Wildman–Crippen MR) is 43.9 cm³/mol. The van der Waals surface area contributed by atoms with E-state index in [1.807, 2.05) is 6.92 Å². The lowest BCUT2D eigenvalue weighted by Crippen LogP contribution is -2.37. The fourth-order valence-electron chi connectivity index (χ4n) is 1.87. The summed E-state index contributed by atoms with van der Waals surface area (Å²) in [7, 11) is 1.60. The van der Waals surface area contributed by atoms with Crippen LogP contribution in [0, 0.1) is 5.92 Å². The average Bonchev–Trinajstić information content (AvgIpc) is 2.48. The minimum atomic E-state index is -0.201. The molecule has 0 radical (unpaired) electrons. The minimum Gasteiger partial charge on any atom is -0.459 e. The molecule has 0 aromatic heterocycles. The molecule has 13 heavy (non-hydrogen) atoms. The number of carbonyl (C=O) groups is 1. The SMILES string of the molecule is CO[C@H]1C[C@@H]2OC(=O)[C@@H](C)C[C@@H]2O1. The lowest BCUT2D eigenvalue weighted by atomic mass is 9.97. The third-order valence-corrected chi connectivity index (χ3v) is 2.68. The second kappa shape index (κ2) is 3.27. The van der Waals surface area contributed by atoms with Gasteiger partial charge in [0.15, 0.2) is 6.29 Å². The molecule has 4 heteroatoms. The first-order chi connectivity index (χ1) is 6.20. The van der Waals surface area contributed by atoms with Crippen LogP contribution in [0.1, 0.15) is 19.8 Å². The topological polar surface area (TPSA) is 44.8 Å². The van der Waals surface area contributed by atoms with Crippen molar-refractivity contribution in [3.05, 3.63) is 0 Å². The first-order valence-electron chi connectivity index (χ1n) is 4.59. The minimum absolute atomic E-state index is 0.0395. The van der Waals surface area contributed by atoms with Crippen LogP contribution >= 0.6 is 0 Å².